The zero-order valence-electron chi connectivity index (χ0n) is 45.2. The van der Waals surface area contributed by atoms with Crippen molar-refractivity contribution in [3.05, 3.63) is 108 Å². The van der Waals surface area contributed by atoms with Crippen molar-refractivity contribution >= 4 is 81.0 Å². The molecule has 6 rings (SSSR count). The predicted molar refractivity (Wildman–Crippen MR) is 305 cm³/mol. The smallest absolute Gasteiger partial charge is 0.243 e. The highest BCUT2D eigenvalue weighted by molar-refractivity contribution is 5.98. The Morgan fingerprint density at radius 2 is 1.22 bits per heavy atom. The van der Waals surface area contributed by atoms with Crippen LogP contribution in [0.25, 0.3) is 21.8 Å². The average molecular weight is 1120 g/mol. The summed E-state index contributed by atoms with van der Waals surface area (Å²) in [6, 6.07) is 14.1. The van der Waals surface area contributed by atoms with Gasteiger partial charge < -0.3 is 81.0 Å². The number of nitrogens with two attached hydrogens (primary N) is 5. The largest absolute Gasteiger partial charge is 0.376 e. The van der Waals surface area contributed by atoms with Gasteiger partial charge in [0, 0.05) is 73.6 Å². The van der Waals surface area contributed by atoms with Gasteiger partial charge in [0.25, 0.3) is 0 Å². The fourth-order valence-corrected chi connectivity index (χ4v) is 9.53. The normalized spacial score (nSPS) is 21.5. The van der Waals surface area contributed by atoms with E-state index in [1.165, 1.54) is 6.92 Å². The molecule has 21 N–H and O–H groups in total. The summed E-state index contributed by atoms with van der Waals surface area (Å²) in [4.78, 5) is 127. The van der Waals surface area contributed by atoms with Crippen LogP contribution in [0.2, 0.25) is 0 Å². The maximum atomic E-state index is 15.0. The highest BCUT2D eigenvalue weighted by atomic mass is 16.3. The number of rotatable bonds is 18. The Morgan fingerprint density at radius 1 is 0.667 bits per heavy atom. The summed E-state index contributed by atoms with van der Waals surface area (Å²) in [6.45, 7) is 1.44. The molecule has 81 heavy (non-hydrogen) atoms. The number of aliphatic imine (C=N–C) groups is 2. The Morgan fingerprint density at radius 3 is 1.84 bits per heavy atom. The van der Waals surface area contributed by atoms with Crippen molar-refractivity contribution in [2.45, 2.75) is 126 Å². The van der Waals surface area contributed by atoms with E-state index in [0.29, 0.717) is 16.7 Å². The van der Waals surface area contributed by atoms with Crippen molar-refractivity contribution in [3.63, 3.8) is 0 Å². The summed E-state index contributed by atoms with van der Waals surface area (Å²) >= 11 is 0. The number of nitrogens with one attached hydrogen (secondary N) is 10. The van der Waals surface area contributed by atoms with Gasteiger partial charge in [-0.05, 0) is 80.2 Å². The van der Waals surface area contributed by atoms with Crippen molar-refractivity contribution in [1.29, 1.82) is 0 Å². The Hall–Kier alpha value is -9.04. The summed E-state index contributed by atoms with van der Waals surface area (Å²) in [6.07, 6.45) is 1.92. The maximum absolute atomic E-state index is 15.0. The topological polar surface area (TPSA) is 439 Å². The number of aliphatic hydroxyl groups is 1. The van der Waals surface area contributed by atoms with Crippen LogP contribution in [0.5, 0.6) is 0 Å². The Kier molecular flexibility index (Phi) is 22.9. The molecule has 0 radical (unpaired) electrons. The third kappa shape index (κ3) is 19.1. The van der Waals surface area contributed by atoms with Crippen LogP contribution in [-0.4, -0.2) is 142 Å². The molecule has 8 atom stereocenters. The number of benzene rings is 3. The van der Waals surface area contributed by atoms with Crippen LogP contribution in [0.15, 0.2) is 101 Å². The number of aromatic nitrogens is 2. The monoisotopic (exact) mass is 1120 g/mol. The van der Waals surface area contributed by atoms with Gasteiger partial charge in [-0.1, -0.05) is 66.7 Å². The minimum Gasteiger partial charge on any atom is -0.376 e. The van der Waals surface area contributed by atoms with Crippen molar-refractivity contribution < 1.29 is 43.5 Å². The molecule has 434 valence electrons. The average Bonchev–Trinajstić information content (AvgIpc) is 4.26. The number of guanidine groups is 2. The highest BCUT2D eigenvalue weighted by Crippen LogP contribution is 2.22. The van der Waals surface area contributed by atoms with E-state index in [1.54, 1.807) is 48.8 Å². The number of fused-ring (bicyclic) bond motifs is 2. The second-order valence-electron chi connectivity index (χ2n) is 19.9. The third-order valence-corrected chi connectivity index (χ3v) is 13.7. The van der Waals surface area contributed by atoms with Gasteiger partial charge in [0.05, 0.1) is 18.5 Å². The molecule has 8 amide bonds. The van der Waals surface area contributed by atoms with E-state index in [2.05, 4.69) is 62.5 Å². The molecule has 1 saturated heterocycles. The lowest BCUT2D eigenvalue weighted by Gasteiger charge is -2.31. The number of hydrogen-bond donors (Lipinski definition) is 16. The van der Waals surface area contributed by atoms with Gasteiger partial charge in [0.15, 0.2) is 11.9 Å². The number of primary amides is 1. The van der Waals surface area contributed by atoms with Gasteiger partial charge in [0.2, 0.25) is 47.3 Å². The van der Waals surface area contributed by atoms with Crippen molar-refractivity contribution in [3.8, 4) is 0 Å². The van der Waals surface area contributed by atoms with Crippen LogP contribution >= 0.6 is 0 Å². The van der Waals surface area contributed by atoms with E-state index >= 15 is 4.79 Å². The van der Waals surface area contributed by atoms with E-state index in [-0.39, 0.29) is 95.8 Å². The fourth-order valence-electron chi connectivity index (χ4n) is 9.53. The molecule has 1 aliphatic heterocycles. The van der Waals surface area contributed by atoms with Crippen molar-refractivity contribution in [1.82, 2.24) is 52.5 Å². The molecule has 2 aromatic heterocycles. The van der Waals surface area contributed by atoms with Crippen LogP contribution in [0, 0.1) is 0 Å². The lowest BCUT2D eigenvalue weighted by atomic mass is 10.00. The molecule has 26 nitrogen and oxygen atoms in total. The molecule has 0 spiro atoms. The molecule has 8 unspecified atom stereocenters. The molecular formula is C55H75N17O9. The molecule has 1 aliphatic rings. The molecule has 3 heterocycles. The second-order valence-corrected chi connectivity index (χ2v) is 19.9. The zero-order valence-corrected chi connectivity index (χ0v) is 45.2. The molecular weight excluding hydrogens is 1040 g/mol. The molecule has 26 heteroatoms. The minimum atomic E-state index is -1.66. The number of para-hydroxylation sites is 2. The molecule has 0 aliphatic carbocycles. The molecule has 5 aromatic rings. The quantitative estimate of drug-likeness (QED) is 0.0261. The lowest BCUT2D eigenvalue weighted by Crippen LogP contribution is -2.62. The first-order valence-electron chi connectivity index (χ1n) is 26.9. The lowest BCUT2D eigenvalue weighted by molar-refractivity contribution is -0.136. The molecule has 1 fully saturated rings. The Labute approximate surface area is 467 Å². The maximum Gasteiger partial charge on any atom is 0.243 e. The van der Waals surface area contributed by atoms with Gasteiger partial charge in [-0.3, -0.25) is 53.7 Å². The van der Waals surface area contributed by atoms with Crippen LogP contribution in [0.1, 0.15) is 75.0 Å². The number of aliphatic hydroxyl groups excluding tert-OH is 1. The second kappa shape index (κ2) is 30.4. The van der Waals surface area contributed by atoms with E-state index in [0.717, 1.165) is 21.8 Å². The number of carbonyl (C=O) groups is 8. The molecule has 0 saturated carbocycles. The van der Waals surface area contributed by atoms with Gasteiger partial charge >= 0.3 is 0 Å². The summed E-state index contributed by atoms with van der Waals surface area (Å²) < 4.78 is 0. The van der Waals surface area contributed by atoms with E-state index in [1.807, 2.05) is 42.5 Å². The summed E-state index contributed by atoms with van der Waals surface area (Å²) in [5, 5.41) is 35.9. The summed E-state index contributed by atoms with van der Waals surface area (Å²) in [7, 11) is 0. The van der Waals surface area contributed by atoms with Crippen LogP contribution in [0.3, 0.4) is 0 Å². The first-order valence-corrected chi connectivity index (χ1v) is 26.9. The van der Waals surface area contributed by atoms with Gasteiger partial charge in [-0.15, -0.1) is 0 Å². The number of amides is 8. The summed E-state index contributed by atoms with van der Waals surface area (Å²) in [5.74, 6) is -6.55. The SMILES string of the molecule is CC(=O)NC(CCCN=C(N)N)C(=O)NC1CC(=O)NCCCCC(C(N)=O)NC(=O)C(Cc2c[nH]c3ccccc23)NC(O)C(CCCN=C(N)N)NC(=O)C(Cc2ccccc2)NC(=O)C(Cc2c[nH]c3ccccc23)NC1=O. The standard InChI is InChI=1S/C55H75N17O9/c1-31(73)66-40(20-11-23-62-54(57)58)48(76)72-45-28-46(74)61-22-10-9-19-39(47(56)75)67-51(79)43(26-33-29-64-37-17-7-5-15-35(33)37)70-49(77)41(21-12-24-63-55(59)60)68-50(78)42(25-32-13-3-2-4-14-32)69-52(80)44(71-53(45)81)27-34-30-65-38-18-8-6-16-36(34)38/h2-8,13-18,29-30,39-45,49,64-65,70,77H,9-12,19-28H2,1H3,(H2,56,75)(H,61,74)(H,66,73)(H,67,79)(H,68,78)(H,69,80)(H,71,81)(H,72,76)(H4,57,58,62)(H4,59,60,63). The number of H-pyrrole nitrogens is 2. The van der Waals surface area contributed by atoms with Crippen molar-refractivity contribution in [2.75, 3.05) is 19.6 Å². The predicted octanol–water partition coefficient (Wildman–Crippen LogP) is -1.83. The minimum absolute atomic E-state index is 0.00984. The first kappa shape index (κ1) is 61.2. The molecule has 0 bridgehead atoms. The van der Waals surface area contributed by atoms with E-state index in [4.69, 9.17) is 28.7 Å². The first-order chi connectivity index (χ1) is 38.8. The Bertz CT molecular complexity index is 3030. The summed E-state index contributed by atoms with van der Waals surface area (Å²) in [5.41, 5.74) is 31.5. The van der Waals surface area contributed by atoms with Gasteiger partial charge in [-0.25, -0.2) is 0 Å². The van der Waals surface area contributed by atoms with Crippen LogP contribution in [-0.2, 0) is 57.6 Å². The number of carbonyl (C=O) groups excluding carboxylic acids is 8. The van der Waals surface area contributed by atoms with Gasteiger partial charge in [0.1, 0.15) is 36.4 Å². The fraction of sp³-hybridized carbons (Fsp3) is 0.418. The molecule has 3 aromatic carbocycles. The number of nitrogens with zero attached hydrogens (tertiary/aromatic N) is 2. The number of aromatic amines is 2. The highest BCUT2D eigenvalue weighted by Gasteiger charge is 2.36. The Balaban J connectivity index is 1.40. The van der Waals surface area contributed by atoms with E-state index in [9.17, 15) is 38.7 Å². The van der Waals surface area contributed by atoms with Crippen LogP contribution < -0.4 is 71.2 Å². The van der Waals surface area contributed by atoms with Crippen molar-refractivity contribution in [2.24, 2.45) is 38.7 Å². The number of hydrogen-bond acceptors (Lipinski definition) is 12. The van der Waals surface area contributed by atoms with Crippen LogP contribution in [0.4, 0.5) is 0 Å². The third-order valence-electron chi connectivity index (χ3n) is 13.7. The van der Waals surface area contributed by atoms with E-state index < -0.39 is 102 Å². The zero-order chi connectivity index (χ0) is 58.4. The van der Waals surface area contributed by atoms with Gasteiger partial charge in [-0.2, -0.15) is 0 Å².